The zero-order chi connectivity index (χ0) is 15.4. The fourth-order valence-electron chi connectivity index (χ4n) is 1.69. The van der Waals surface area contributed by atoms with Gasteiger partial charge in [0.15, 0.2) is 0 Å². The van der Waals surface area contributed by atoms with Crippen molar-refractivity contribution in [3.63, 3.8) is 0 Å². The highest BCUT2D eigenvalue weighted by atomic mass is 35.5. The Hall–Kier alpha value is -1.72. The summed E-state index contributed by atoms with van der Waals surface area (Å²) in [5.41, 5.74) is 7.46. The van der Waals surface area contributed by atoms with Crippen molar-refractivity contribution in [1.82, 2.24) is 0 Å². The molecule has 0 heterocycles. The molecular formula is C15H14ClFN2OS. The van der Waals surface area contributed by atoms with Gasteiger partial charge in [0.25, 0.3) is 0 Å². The molecule has 0 aliphatic heterocycles. The van der Waals surface area contributed by atoms with E-state index in [0.29, 0.717) is 16.4 Å². The third-order valence-corrected chi connectivity index (χ3v) is 4.29. The molecular weight excluding hydrogens is 311 g/mol. The summed E-state index contributed by atoms with van der Waals surface area (Å²) in [6, 6.07) is 9.40. The molecule has 0 aliphatic carbocycles. The lowest BCUT2D eigenvalue weighted by Crippen LogP contribution is -2.15. The normalized spacial score (nSPS) is 10.4. The van der Waals surface area contributed by atoms with Gasteiger partial charge in [-0.05, 0) is 42.8 Å². The Bertz CT molecular complexity index is 679. The summed E-state index contributed by atoms with van der Waals surface area (Å²) in [7, 11) is 0. The van der Waals surface area contributed by atoms with Gasteiger partial charge in [0.2, 0.25) is 5.91 Å². The molecule has 0 saturated carbocycles. The maximum Gasteiger partial charge on any atom is 0.234 e. The number of hydrogen-bond acceptors (Lipinski definition) is 3. The van der Waals surface area contributed by atoms with Crippen LogP contribution >= 0.6 is 23.4 Å². The first-order valence-electron chi connectivity index (χ1n) is 6.19. The second-order valence-corrected chi connectivity index (χ2v) is 5.91. The minimum Gasteiger partial charge on any atom is -0.399 e. The van der Waals surface area contributed by atoms with Gasteiger partial charge in [-0.1, -0.05) is 17.7 Å². The van der Waals surface area contributed by atoms with Crippen LogP contribution in [0.3, 0.4) is 0 Å². The molecule has 6 heteroatoms. The van der Waals surface area contributed by atoms with E-state index >= 15 is 0 Å². The van der Waals surface area contributed by atoms with Crippen LogP contribution in [0.1, 0.15) is 5.56 Å². The van der Waals surface area contributed by atoms with E-state index in [1.54, 1.807) is 31.2 Å². The highest BCUT2D eigenvalue weighted by Crippen LogP contribution is 2.29. The van der Waals surface area contributed by atoms with Crippen molar-refractivity contribution in [3.8, 4) is 0 Å². The summed E-state index contributed by atoms with van der Waals surface area (Å²) in [4.78, 5) is 12.7. The number of benzene rings is 2. The summed E-state index contributed by atoms with van der Waals surface area (Å²) >= 11 is 7.34. The molecule has 2 rings (SSSR count). The molecule has 2 aromatic rings. The molecule has 3 N–H and O–H groups in total. The van der Waals surface area contributed by atoms with E-state index in [-0.39, 0.29) is 17.5 Å². The van der Waals surface area contributed by atoms with Crippen molar-refractivity contribution in [3.05, 3.63) is 52.8 Å². The van der Waals surface area contributed by atoms with E-state index in [2.05, 4.69) is 5.32 Å². The Labute approximate surface area is 131 Å². The molecule has 0 aromatic heterocycles. The van der Waals surface area contributed by atoms with E-state index in [9.17, 15) is 9.18 Å². The Kier molecular flexibility index (Phi) is 5.09. The van der Waals surface area contributed by atoms with Gasteiger partial charge in [-0.15, -0.1) is 11.8 Å². The lowest BCUT2D eigenvalue weighted by molar-refractivity contribution is -0.113. The number of amides is 1. The third kappa shape index (κ3) is 4.37. The minimum atomic E-state index is -0.384. The first-order chi connectivity index (χ1) is 9.95. The van der Waals surface area contributed by atoms with Gasteiger partial charge in [-0.2, -0.15) is 0 Å². The van der Waals surface area contributed by atoms with E-state index in [1.165, 1.54) is 23.9 Å². The standard InChI is InChI=1S/C15H14ClFN2OS/c1-9-2-3-10(17)6-13(9)19-15(20)8-21-14-5-4-11(18)7-12(14)16/h2-7H,8,18H2,1H3,(H,19,20). The van der Waals surface area contributed by atoms with Crippen LogP contribution in [0.15, 0.2) is 41.3 Å². The molecule has 21 heavy (non-hydrogen) atoms. The number of aryl methyl sites for hydroxylation is 1. The Balaban J connectivity index is 1.97. The molecule has 0 bridgehead atoms. The topological polar surface area (TPSA) is 55.1 Å². The quantitative estimate of drug-likeness (QED) is 0.657. The molecule has 0 aliphatic rings. The highest BCUT2D eigenvalue weighted by molar-refractivity contribution is 8.00. The summed E-state index contributed by atoms with van der Waals surface area (Å²) in [6.45, 7) is 1.80. The molecule has 0 fully saturated rings. The smallest absolute Gasteiger partial charge is 0.234 e. The molecule has 110 valence electrons. The average Bonchev–Trinajstić information content (AvgIpc) is 2.42. The fourth-order valence-corrected chi connectivity index (χ4v) is 2.77. The van der Waals surface area contributed by atoms with Crippen LogP contribution in [-0.2, 0) is 4.79 Å². The van der Waals surface area contributed by atoms with Crippen molar-refractivity contribution in [1.29, 1.82) is 0 Å². The molecule has 2 aromatic carbocycles. The van der Waals surface area contributed by atoms with Crippen LogP contribution < -0.4 is 11.1 Å². The fraction of sp³-hybridized carbons (Fsp3) is 0.133. The number of nitrogen functional groups attached to an aromatic ring is 1. The van der Waals surface area contributed by atoms with Crippen molar-refractivity contribution in [2.75, 3.05) is 16.8 Å². The largest absolute Gasteiger partial charge is 0.399 e. The molecule has 1 amide bonds. The Morgan fingerprint density at radius 2 is 2.10 bits per heavy atom. The van der Waals surface area contributed by atoms with Crippen molar-refractivity contribution in [2.45, 2.75) is 11.8 Å². The summed E-state index contributed by atoms with van der Waals surface area (Å²) in [6.07, 6.45) is 0. The maximum absolute atomic E-state index is 13.2. The van der Waals surface area contributed by atoms with Crippen LogP contribution in [0.4, 0.5) is 15.8 Å². The molecule has 0 unspecified atom stereocenters. The van der Waals surface area contributed by atoms with Gasteiger partial charge in [-0.3, -0.25) is 4.79 Å². The molecule has 0 spiro atoms. The van der Waals surface area contributed by atoms with Gasteiger partial charge in [-0.25, -0.2) is 4.39 Å². The van der Waals surface area contributed by atoms with Crippen LogP contribution in [0.2, 0.25) is 5.02 Å². The first kappa shape index (κ1) is 15.7. The minimum absolute atomic E-state index is 0.180. The van der Waals surface area contributed by atoms with E-state index in [0.717, 1.165) is 10.5 Å². The second kappa shape index (κ2) is 6.83. The number of hydrogen-bond donors (Lipinski definition) is 2. The lowest BCUT2D eigenvalue weighted by atomic mass is 10.2. The Morgan fingerprint density at radius 3 is 2.81 bits per heavy atom. The van der Waals surface area contributed by atoms with Crippen LogP contribution in [0, 0.1) is 12.7 Å². The highest BCUT2D eigenvalue weighted by Gasteiger charge is 2.08. The van der Waals surface area contributed by atoms with Gasteiger partial charge in [0.05, 0.1) is 10.8 Å². The number of anilines is 2. The monoisotopic (exact) mass is 324 g/mol. The Morgan fingerprint density at radius 1 is 1.33 bits per heavy atom. The molecule has 0 radical (unpaired) electrons. The number of carbonyl (C=O) groups is 1. The molecule has 0 saturated heterocycles. The van der Waals surface area contributed by atoms with Crippen molar-refractivity contribution >= 4 is 40.6 Å². The zero-order valence-corrected chi connectivity index (χ0v) is 12.9. The van der Waals surface area contributed by atoms with Crippen molar-refractivity contribution < 1.29 is 9.18 Å². The predicted molar refractivity (Wildman–Crippen MR) is 86.4 cm³/mol. The predicted octanol–water partition coefficient (Wildman–Crippen LogP) is 4.10. The SMILES string of the molecule is Cc1ccc(F)cc1NC(=O)CSc1ccc(N)cc1Cl. The van der Waals surface area contributed by atoms with E-state index in [4.69, 9.17) is 17.3 Å². The van der Waals surface area contributed by atoms with Gasteiger partial charge < -0.3 is 11.1 Å². The number of rotatable bonds is 4. The van der Waals surface area contributed by atoms with Gasteiger partial charge >= 0.3 is 0 Å². The average molecular weight is 325 g/mol. The number of carbonyl (C=O) groups excluding carboxylic acids is 1. The number of nitrogens with two attached hydrogens (primary N) is 1. The molecule has 0 atom stereocenters. The molecule has 3 nitrogen and oxygen atoms in total. The van der Waals surface area contributed by atoms with Gasteiger partial charge in [0.1, 0.15) is 5.82 Å². The van der Waals surface area contributed by atoms with Crippen molar-refractivity contribution in [2.24, 2.45) is 0 Å². The maximum atomic E-state index is 13.2. The van der Waals surface area contributed by atoms with Crippen LogP contribution in [0.25, 0.3) is 0 Å². The second-order valence-electron chi connectivity index (χ2n) is 4.49. The van der Waals surface area contributed by atoms with Crippen LogP contribution in [0.5, 0.6) is 0 Å². The first-order valence-corrected chi connectivity index (χ1v) is 7.56. The zero-order valence-electron chi connectivity index (χ0n) is 11.3. The van der Waals surface area contributed by atoms with Crippen LogP contribution in [-0.4, -0.2) is 11.7 Å². The summed E-state index contributed by atoms with van der Waals surface area (Å²) in [5.74, 6) is -0.425. The van der Waals surface area contributed by atoms with E-state index < -0.39 is 0 Å². The number of nitrogens with one attached hydrogen (secondary N) is 1. The summed E-state index contributed by atoms with van der Waals surface area (Å²) < 4.78 is 13.2. The lowest BCUT2D eigenvalue weighted by Gasteiger charge is -2.09. The summed E-state index contributed by atoms with van der Waals surface area (Å²) in [5, 5.41) is 3.19. The van der Waals surface area contributed by atoms with E-state index in [1.807, 2.05) is 0 Å². The van der Waals surface area contributed by atoms with Gasteiger partial charge in [0, 0.05) is 16.3 Å². The third-order valence-electron chi connectivity index (χ3n) is 2.79. The number of halogens is 2. The number of thioether (sulfide) groups is 1.